The highest BCUT2D eigenvalue weighted by atomic mass is 32.1. The van der Waals surface area contributed by atoms with Crippen molar-refractivity contribution >= 4 is 23.4 Å². The van der Waals surface area contributed by atoms with Gasteiger partial charge in [0.05, 0.1) is 17.7 Å². The zero-order chi connectivity index (χ0) is 12.3. The molecule has 0 saturated carbocycles. The number of aryl methyl sites for hydroxylation is 1. The van der Waals surface area contributed by atoms with Gasteiger partial charge in [-0.25, -0.2) is 9.97 Å². The number of carbonyl (C=O) groups excluding carboxylic acids is 1. The van der Waals surface area contributed by atoms with Crippen molar-refractivity contribution in [2.75, 3.05) is 11.9 Å². The van der Waals surface area contributed by atoms with Gasteiger partial charge in [-0.05, 0) is 19.1 Å². The lowest BCUT2D eigenvalue weighted by atomic mass is 10.3. The summed E-state index contributed by atoms with van der Waals surface area (Å²) in [5.74, 6) is 0.850. The zero-order valence-electron chi connectivity index (χ0n) is 9.75. The fourth-order valence-corrected chi connectivity index (χ4v) is 2.30. The Balaban J connectivity index is 2.11. The van der Waals surface area contributed by atoms with Crippen LogP contribution in [-0.2, 0) is 6.54 Å². The lowest BCUT2D eigenvalue weighted by molar-refractivity contribution is 0.112. The van der Waals surface area contributed by atoms with Crippen LogP contribution in [0.1, 0.15) is 20.9 Å². The van der Waals surface area contributed by atoms with Gasteiger partial charge in [0, 0.05) is 23.7 Å². The summed E-state index contributed by atoms with van der Waals surface area (Å²) in [6.07, 6.45) is 2.38. The Labute approximate surface area is 104 Å². The predicted molar refractivity (Wildman–Crippen MR) is 68.6 cm³/mol. The lowest BCUT2D eigenvalue weighted by Crippen LogP contribution is -2.17. The highest BCUT2D eigenvalue weighted by Crippen LogP contribution is 2.17. The summed E-state index contributed by atoms with van der Waals surface area (Å²) >= 11 is 1.64. The van der Waals surface area contributed by atoms with Crippen LogP contribution in [0.25, 0.3) is 0 Å². The first-order chi connectivity index (χ1) is 8.20. The standard InChI is InChI=1S/C12H13N3OS/c1-9-11(17-8-14-9)6-15(2)12-4-3-10(7-16)5-13-12/h3-5,7-8H,6H2,1-2H3. The maximum absolute atomic E-state index is 10.5. The van der Waals surface area contributed by atoms with E-state index in [1.165, 1.54) is 4.88 Å². The van der Waals surface area contributed by atoms with E-state index in [4.69, 9.17) is 0 Å². The molecule has 2 aromatic rings. The number of hydrogen-bond donors (Lipinski definition) is 0. The Kier molecular flexibility index (Phi) is 3.49. The van der Waals surface area contributed by atoms with Crippen LogP contribution in [0.5, 0.6) is 0 Å². The molecule has 4 nitrogen and oxygen atoms in total. The van der Waals surface area contributed by atoms with Crippen LogP contribution in [0, 0.1) is 6.92 Å². The van der Waals surface area contributed by atoms with Gasteiger partial charge in [-0.3, -0.25) is 4.79 Å². The minimum absolute atomic E-state index is 0.594. The average molecular weight is 247 g/mol. The van der Waals surface area contributed by atoms with Crippen molar-refractivity contribution in [1.29, 1.82) is 0 Å². The van der Waals surface area contributed by atoms with Crippen molar-refractivity contribution in [2.45, 2.75) is 13.5 Å². The van der Waals surface area contributed by atoms with E-state index in [0.717, 1.165) is 24.3 Å². The molecule has 2 rings (SSSR count). The number of rotatable bonds is 4. The number of hydrogen-bond acceptors (Lipinski definition) is 5. The van der Waals surface area contributed by atoms with Gasteiger partial charge in [-0.2, -0.15) is 0 Å². The molecule has 0 bridgehead atoms. The molecule has 0 aromatic carbocycles. The maximum atomic E-state index is 10.5. The summed E-state index contributed by atoms with van der Waals surface area (Å²) < 4.78 is 0. The summed E-state index contributed by atoms with van der Waals surface area (Å²) in [5, 5.41) is 0. The van der Waals surface area contributed by atoms with E-state index in [1.54, 1.807) is 23.6 Å². The largest absolute Gasteiger partial charge is 0.354 e. The van der Waals surface area contributed by atoms with Crippen LogP contribution >= 0.6 is 11.3 Å². The quantitative estimate of drug-likeness (QED) is 0.778. The van der Waals surface area contributed by atoms with Gasteiger partial charge in [0.25, 0.3) is 0 Å². The Morgan fingerprint density at radius 2 is 2.24 bits per heavy atom. The zero-order valence-corrected chi connectivity index (χ0v) is 10.6. The first-order valence-electron chi connectivity index (χ1n) is 5.22. The Bertz CT molecular complexity index is 507. The average Bonchev–Trinajstić information content (AvgIpc) is 2.75. The molecule has 5 heteroatoms. The van der Waals surface area contributed by atoms with Crippen LogP contribution in [0.4, 0.5) is 5.82 Å². The van der Waals surface area contributed by atoms with Gasteiger partial charge in [-0.1, -0.05) is 0 Å². The Hall–Kier alpha value is -1.75. The van der Waals surface area contributed by atoms with Gasteiger partial charge >= 0.3 is 0 Å². The van der Waals surface area contributed by atoms with Crippen molar-refractivity contribution in [3.63, 3.8) is 0 Å². The molecule has 0 unspecified atom stereocenters. The first kappa shape index (κ1) is 11.7. The summed E-state index contributed by atoms with van der Waals surface area (Å²) in [4.78, 5) is 22.2. The van der Waals surface area contributed by atoms with Gasteiger partial charge < -0.3 is 4.90 Å². The van der Waals surface area contributed by atoms with Gasteiger partial charge in [0.15, 0.2) is 6.29 Å². The number of anilines is 1. The molecule has 0 aliphatic carbocycles. The normalized spacial score (nSPS) is 10.2. The fourth-order valence-electron chi connectivity index (χ4n) is 1.47. The number of thiazole rings is 1. The highest BCUT2D eigenvalue weighted by Gasteiger charge is 2.07. The summed E-state index contributed by atoms with van der Waals surface area (Å²) in [6, 6.07) is 3.62. The van der Waals surface area contributed by atoms with Crippen LogP contribution < -0.4 is 4.90 Å². The number of nitrogens with zero attached hydrogens (tertiary/aromatic N) is 3. The van der Waals surface area contributed by atoms with Crippen LogP contribution in [0.15, 0.2) is 23.8 Å². The van der Waals surface area contributed by atoms with E-state index >= 15 is 0 Å². The van der Waals surface area contributed by atoms with Crippen molar-refractivity contribution in [1.82, 2.24) is 9.97 Å². The molecule has 0 radical (unpaired) electrons. The Morgan fingerprint density at radius 3 is 2.76 bits per heavy atom. The van der Waals surface area contributed by atoms with Crippen molar-refractivity contribution in [2.24, 2.45) is 0 Å². The van der Waals surface area contributed by atoms with Gasteiger partial charge in [-0.15, -0.1) is 11.3 Å². The number of pyridine rings is 1. The topological polar surface area (TPSA) is 46.1 Å². The van der Waals surface area contributed by atoms with Crippen molar-refractivity contribution in [3.8, 4) is 0 Å². The Morgan fingerprint density at radius 1 is 1.41 bits per heavy atom. The number of carbonyl (C=O) groups is 1. The molecule has 0 amide bonds. The highest BCUT2D eigenvalue weighted by molar-refractivity contribution is 7.09. The monoisotopic (exact) mass is 247 g/mol. The van der Waals surface area contributed by atoms with Crippen molar-refractivity contribution in [3.05, 3.63) is 40.0 Å². The van der Waals surface area contributed by atoms with E-state index in [-0.39, 0.29) is 0 Å². The third-order valence-corrected chi connectivity index (χ3v) is 3.44. The third kappa shape index (κ3) is 2.68. The number of aromatic nitrogens is 2. The van der Waals surface area contributed by atoms with E-state index in [2.05, 4.69) is 9.97 Å². The molecule has 0 aliphatic rings. The summed E-state index contributed by atoms with van der Waals surface area (Å²) in [6.45, 7) is 2.78. The van der Waals surface area contributed by atoms with E-state index in [9.17, 15) is 4.79 Å². The first-order valence-corrected chi connectivity index (χ1v) is 6.10. The van der Waals surface area contributed by atoms with Crippen LogP contribution in [-0.4, -0.2) is 23.3 Å². The van der Waals surface area contributed by atoms with E-state index in [0.29, 0.717) is 5.56 Å². The minimum Gasteiger partial charge on any atom is -0.354 e. The molecular formula is C12H13N3OS. The van der Waals surface area contributed by atoms with Gasteiger partial charge in [0.1, 0.15) is 5.82 Å². The number of aldehydes is 1. The molecule has 88 valence electrons. The summed E-state index contributed by atoms with van der Waals surface area (Å²) in [5.41, 5.74) is 3.50. The summed E-state index contributed by atoms with van der Waals surface area (Å²) in [7, 11) is 1.97. The molecule has 0 spiro atoms. The smallest absolute Gasteiger partial charge is 0.151 e. The second kappa shape index (κ2) is 5.05. The molecule has 2 aromatic heterocycles. The third-order valence-electron chi connectivity index (χ3n) is 2.52. The molecule has 0 atom stereocenters. The molecule has 17 heavy (non-hydrogen) atoms. The predicted octanol–water partition coefficient (Wildman–Crippen LogP) is 2.30. The molecule has 0 saturated heterocycles. The van der Waals surface area contributed by atoms with E-state index in [1.807, 2.05) is 30.4 Å². The van der Waals surface area contributed by atoms with Crippen LogP contribution in [0.2, 0.25) is 0 Å². The van der Waals surface area contributed by atoms with E-state index < -0.39 is 0 Å². The maximum Gasteiger partial charge on any atom is 0.151 e. The molecular weight excluding hydrogens is 234 g/mol. The molecule has 0 N–H and O–H groups in total. The molecule has 2 heterocycles. The van der Waals surface area contributed by atoms with Crippen molar-refractivity contribution < 1.29 is 4.79 Å². The second-order valence-electron chi connectivity index (χ2n) is 3.78. The molecule has 0 aliphatic heterocycles. The van der Waals surface area contributed by atoms with Gasteiger partial charge in [0.2, 0.25) is 0 Å². The SMILES string of the molecule is Cc1ncsc1CN(C)c1ccc(C=O)cn1. The minimum atomic E-state index is 0.594. The molecule has 0 fully saturated rings. The second-order valence-corrected chi connectivity index (χ2v) is 4.72. The lowest BCUT2D eigenvalue weighted by Gasteiger charge is -2.17. The fraction of sp³-hybridized carbons (Fsp3) is 0.250. The van der Waals surface area contributed by atoms with Crippen LogP contribution in [0.3, 0.4) is 0 Å².